The maximum Gasteiger partial charge on any atom is 0.339 e. The first-order valence-corrected chi connectivity index (χ1v) is 60.5. The van der Waals surface area contributed by atoms with Crippen molar-refractivity contribution in [3.63, 3.8) is 0 Å². The number of aliphatic hydroxyl groups excluding tert-OH is 3. The van der Waals surface area contributed by atoms with E-state index in [9.17, 15) is 15.3 Å². The van der Waals surface area contributed by atoms with Crippen molar-refractivity contribution in [3.05, 3.63) is 212 Å². The number of carbonyl (C=O) groups excluding carboxylic acids is 6. The van der Waals surface area contributed by atoms with Gasteiger partial charge in [0.15, 0.2) is 0 Å². The Kier molecular flexibility index (Phi) is 66.1. The molecule has 2 unspecified atom stereocenters. The highest BCUT2D eigenvalue weighted by Crippen LogP contribution is 2.57. The zero-order chi connectivity index (χ0) is 103. The Morgan fingerprint density at radius 1 is 0.181 bits per heavy atom. The summed E-state index contributed by atoms with van der Waals surface area (Å²) in [6.07, 6.45) is 80.1. The summed E-state index contributed by atoms with van der Waals surface area (Å²) in [7, 11) is 0. The van der Waals surface area contributed by atoms with Gasteiger partial charge in [0.05, 0.1) is 16.7 Å². The average molecular weight is 1980 g/mol. The number of hydrogen-bond donors (Lipinski definition) is 3. The third-order valence-corrected chi connectivity index (χ3v) is 31.4. The van der Waals surface area contributed by atoms with Gasteiger partial charge in [0.1, 0.15) is 18.3 Å². The molecule has 0 aromatic heterocycles. The molecular formula is C132H204O12. The Morgan fingerprint density at radius 3 is 0.472 bits per heavy atom. The van der Waals surface area contributed by atoms with Gasteiger partial charge in [-0.15, -0.1) is 0 Å². The summed E-state index contributed by atoms with van der Waals surface area (Å²) in [5.41, 5.74) is -7.89. The van der Waals surface area contributed by atoms with Gasteiger partial charge in [0, 0.05) is 16.7 Å². The van der Waals surface area contributed by atoms with Crippen LogP contribution >= 0.6 is 0 Å². The van der Waals surface area contributed by atoms with Crippen molar-refractivity contribution in [1.82, 2.24) is 0 Å². The summed E-state index contributed by atoms with van der Waals surface area (Å²) in [6.45, 7) is 13.5. The minimum atomic E-state index is -4.04. The molecule has 6 aromatic carbocycles. The molecule has 1 aliphatic rings. The molecule has 7 rings (SSSR count). The molecule has 0 radical (unpaired) electrons. The summed E-state index contributed by atoms with van der Waals surface area (Å²) < 4.78 is 21.5. The zero-order valence-electron chi connectivity index (χ0n) is 92.3. The highest BCUT2D eigenvalue weighted by Gasteiger charge is 2.88. The highest BCUT2D eigenvalue weighted by atomic mass is 16.7. The minimum absolute atomic E-state index is 0.161. The van der Waals surface area contributed by atoms with Crippen molar-refractivity contribution >= 4 is 35.3 Å². The highest BCUT2D eigenvalue weighted by molar-refractivity contribution is 6.21. The van der Waals surface area contributed by atoms with Crippen LogP contribution in [0.5, 0.6) is 0 Å². The molecule has 1 aliphatic carbocycles. The van der Waals surface area contributed by atoms with Gasteiger partial charge in [-0.1, -0.05) is 575 Å². The molecule has 1 saturated carbocycles. The summed E-state index contributed by atoms with van der Waals surface area (Å²) in [5.74, 6) is -8.21. The van der Waals surface area contributed by atoms with Crippen LogP contribution in [-0.2, 0) is 52.7 Å². The topological polar surface area (TPSA) is 191 Å². The Balaban J connectivity index is 1.42. The van der Waals surface area contributed by atoms with Gasteiger partial charge in [-0.3, -0.25) is 14.4 Å². The van der Waals surface area contributed by atoms with Gasteiger partial charge in [-0.05, 0) is 147 Å². The fourth-order valence-corrected chi connectivity index (χ4v) is 22.0. The normalized spacial score (nSPS) is 16.8. The number of aryl methyl sites for hydroxylation is 6. The molecule has 6 atom stereocenters. The van der Waals surface area contributed by atoms with Gasteiger partial charge in [0.2, 0.25) is 17.3 Å². The Hall–Kier alpha value is -7.38. The molecule has 0 heterocycles. The van der Waals surface area contributed by atoms with Crippen LogP contribution in [0.25, 0.3) is 0 Å². The molecule has 12 nitrogen and oxygen atoms in total. The van der Waals surface area contributed by atoms with Crippen LogP contribution in [0.15, 0.2) is 146 Å². The third kappa shape index (κ3) is 44.8. The van der Waals surface area contributed by atoms with Gasteiger partial charge >= 0.3 is 17.9 Å². The van der Waals surface area contributed by atoms with Crippen molar-refractivity contribution in [1.29, 1.82) is 0 Å². The first-order chi connectivity index (χ1) is 70.6. The zero-order valence-corrected chi connectivity index (χ0v) is 92.3. The maximum absolute atomic E-state index is 18.4. The summed E-state index contributed by atoms with van der Waals surface area (Å²) in [6, 6.07) is 39.6. The van der Waals surface area contributed by atoms with Crippen LogP contribution in [0, 0.1) is 0 Å². The smallest absolute Gasteiger partial charge is 0.339 e. The molecular weight excluding hydrogens is 1780 g/mol. The van der Waals surface area contributed by atoms with E-state index in [2.05, 4.69) is 41.5 Å². The molecule has 1 fully saturated rings. The molecule has 12 heteroatoms. The lowest BCUT2D eigenvalue weighted by molar-refractivity contribution is -0.293. The average Bonchev–Trinajstić information content (AvgIpc) is 0.656. The van der Waals surface area contributed by atoms with Gasteiger partial charge in [-0.2, -0.15) is 0 Å². The number of aliphatic hydroxyl groups is 3. The summed E-state index contributed by atoms with van der Waals surface area (Å²) in [5, 5.41) is 42.2. The number of ether oxygens (including phenoxy) is 3. The summed E-state index contributed by atoms with van der Waals surface area (Å²) in [4.78, 5) is 104. The second kappa shape index (κ2) is 77.0. The third-order valence-electron chi connectivity index (χ3n) is 31.4. The first-order valence-electron chi connectivity index (χ1n) is 60.5. The first kappa shape index (κ1) is 124. The molecule has 0 bridgehead atoms. The molecule has 0 amide bonds. The van der Waals surface area contributed by atoms with Crippen LogP contribution in [0.4, 0.5) is 0 Å². The van der Waals surface area contributed by atoms with Crippen molar-refractivity contribution in [3.8, 4) is 0 Å². The second-order valence-electron chi connectivity index (χ2n) is 43.7. The molecule has 804 valence electrons. The monoisotopic (exact) mass is 1980 g/mol. The van der Waals surface area contributed by atoms with Crippen LogP contribution in [0.1, 0.15) is 599 Å². The fraction of sp³-hybridized carbons (Fsp3) is 0.682. The Morgan fingerprint density at radius 2 is 0.312 bits per heavy atom. The van der Waals surface area contributed by atoms with Crippen LogP contribution in [0.2, 0.25) is 0 Å². The van der Waals surface area contributed by atoms with Crippen molar-refractivity contribution < 1.29 is 58.3 Å². The number of benzene rings is 6. The van der Waals surface area contributed by atoms with E-state index in [4.69, 9.17) is 14.2 Å². The molecule has 3 N–H and O–H groups in total. The molecule has 6 aromatic rings. The lowest BCUT2D eigenvalue weighted by Crippen LogP contribution is -2.91. The number of carbonyl (C=O) groups is 6. The largest absolute Gasteiger partial charge is 0.439 e. The van der Waals surface area contributed by atoms with Crippen LogP contribution in [0.3, 0.4) is 0 Å². The molecule has 0 saturated heterocycles. The van der Waals surface area contributed by atoms with Gasteiger partial charge in [0.25, 0.3) is 16.8 Å². The van der Waals surface area contributed by atoms with Crippen molar-refractivity contribution in [2.75, 3.05) is 0 Å². The molecule has 0 aliphatic heterocycles. The van der Waals surface area contributed by atoms with Crippen molar-refractivity contribution in [2.24, 2.45) is 0 Å². The lowest BCUT2D eigenvalue weighted by Gasteiger charge is -2.60. The van der Waals surface area contributed by atoms with E-state index in [-0.39, 0.29) is 33.4 Å². The van der Waals surface area contributed by atoms with E-state index < -0.39 is 70.4 Å². The number of ketones is 3. The predicted molar refractivity (Wildman–Crippen MR) is 603 cm³/mol. The number of esters is 3. The van der Waals surface area contributed by atoms with Crippen molar-refractivity contribution in [2.45, 2.75) is 577 Å². The van der Waals surface area contributed by atoms with Crippen LogP contribution in [-0.4, -0.2) is 85.7 Å². The molecule has 0 spiro atoms. The Labute approximate surface area is 877 Å². The SMILES string of the molecule is CCCCCCCCCCCCCCc1ccc(C(=O)OC2(C(=O)c3ccc(CCCCCCCCCCCCCC)cc3)[C@@](OC(=O)c3ccc(CCCCCCCCCCCCCC)cc3)(C(=O)c3ccc(CCCCCCCCCCCCCC)cc3)[C@@H](O)C(O)[C@@H](O)[C@@]2(OC(=O)c2ccc(CCCCCCCCCCCCCC)cc2)C(=O)c2ccc(CCCCCCCCCCCCCC)cc2)cc1. The van der Waals surface area contributed by atoms with E-state index in [1.165, 1.54) is 345 Å². The number of hydrogen-bond acceptors (Lipinski definition) is 12. The van der Waals surface area contributed by atoms with Crippen LogP contribution < -0.4 is 0 Å². The fourth-order valence-electron chi connectivity index (χ4n) is 22.0. The Bertz CT molecular complexity index is 4090. The number of rotatable bonds is 90. The predicted octanol–water partition coefficient (Wildman–Crippen LogP) is 37.0. The van der Waals surface area contributed by atoms with E-state index in [0.717, 1.165) is 187 Å². The molecule has 144 heavy (non-hydrogen) atoms. The second-order valence-corrected chi connectivity index (χ2v) is 43.7. The number of Topliss-reactive ketones (excluding diaryl/α,β-unsaturated/α-hetero) is 3. The van der Waals surface area contributed by atoms with E-state index in [1.54, 1.807) is 109 Å². The van der Waals surface area contributed by atoms with E-state index >= 15 is 28.8 Å². The minimum Gasteiger partial charge on any atom is -0.439 e. The standard InChI is InChI=1S/C132H204O12/c1-7-13-19-25-31-37-43-49-55-61-67-73-79-109-85-97-115(98-86-109)122(134)130(142-127(139)118-103-91-112(92-104-118)82-76-70-64-58-52-46-40-34-28-22-16-10-4)125(137)121(133)126(138)131(123(135)116-99-87-110(88-100-116)80-74-68-62-56-50-44-38-32-26-20-14-8-2,143-128(140)119-105-93-113(94-106-119)83-77-71-65-59-53-47-41-35-29-23-17-11-5)132(130,124(136)117-101-89-111(90-102-117)81-75-69-63-57-51-45-39-33-27-21-15-9-3)144-129(141)120-107-95-114(96-108-120)84-78-72-66-60-54-48-42-36-30-24-18-12-6/h85-108,121,125-126,133,137-138H,7-84H2,1-6H3/t121?,125-,126+,130+,131-,132?. The van der Waals surface area contributed by atoms with Gasteiger partial charge < -0.3 is 29.5 Å². The lowest BCUT2D eigenvalue weighted by atomic mass is 9.52. The van der Waals surface area contributed by atoms with E-state index in [0.29, 0.717) is 38.5 Å². The van der Waals surface area contributed by atoms with Gasteiger partial charge in [-0.25, -0.2) is 14.4 Å². The summed E-state index contributed by atoms with van der Waals surface area (Å²) >= 11 is 0. The van der Waals surface area contributed by atoms with E-state index in [1.807, 2.05) is 0 Å². The number of unbranched alkanes of at least 4 members (excludes halogenated alkanes) is 66. The maximum atomic E-state index is 18.4. The quantitative estimate of drug-likeness (QED) is 0.0142.